The monoisotopic (exact) mass is 259 g/mol. The van der Waals surface area contributed by atoms with Gasteiger partial charge in [0.15, 0.2) is 0 Å². The number of rotatable bonds is 5. The van der Waals surface area contributed by atoms with Gasteiger partial charge in [-0.05, 0) is 25.5 Å². The number of hydrogen-bond acceptors (Lipinski definition) is 3. The van der Waals surface area contributed by atoms with Crippen molar-refractivity contribution in [2.75, 3.05) is 5.88 Å². The Bertz CT molecular complexity index is 384. The minimum Gasteiger partial charge on any atom is -0.258 e. The van der Waals surface area contributed by atoms with Gasteiger partial charge in [0.2, 0.25) is 0 Å². The average molecular weight is 260 g/mol. The maximum atomic E-state index is 10.6. The summed E-state index contributed by atoms with van der Waals surface area (Å²) in [6.45, 7) is 3.86. The molecule has 0 saturated carbocycles. The Morgan fingerprint density at radius 3 is 2.75 bits per heavy atom. The van der Waals surface area contributed by atoms with Gasteiger partial charge >= 0.3 is 0 Å². The van der Waals surface area contributed by atoms with Crippen LogP contribution in [0.15, 0.2) is 23.1 Å². The highest BCUT2D eigenvalue weighted by Gasteiger charge is 2.11. The summed E-state index contributed by atoms with van der Waals surface area (Å²) in [5.74, 6) is 0.639. The molecule has 0 saturated heterocycles. The average Bonchev–Trinajstić information content (AvgIpc) is 2.17. The van der Waals surface area contributed by atoms with E-state index in [1.807, 2.05) is 6.07 Å². The van der Waals surface area contributed by atoms with Crippen LogP contribution in [0, 0.1) is 17.0 Å². The van der Waals surface area contributed by atoms with Crippen LogP contribution in [0.25, 0.3) is 0 Å². The number of aryl methyl sites for hydroxylation is 1. The van der Waals surface area contributed by atoms with Crippen LogP contribution in [0.2, 0.25) is 0 Å². The number of hydrogen-bond donors (Lipinski definition) is 0. The second-order valence-electron chi connectivity index (χ2n) is 3.61. The molecule has 0 aromatic heterocycles. The van der Waals surface area contributed by atoms with Crippen LogP contribution in [0.4, 0.5) is 5.69 Å². The molecule has 0 aliphatic carbocycles. The van der Waals surface area contributed by atoms with E-state index in [1.165, 1.54) is 0 Å². The van der Waals surface area contributed by atoms with Gasteiger partial charge in [0, 0.05) is 27.7 Å². The van der Waals surface area contributed by atoms with E-state index in [0.717, 1.165) is 11.3 Å². The zero-order valence-corrected chi connectivity index (χ0v) is 10.8. The smallest absolute Gasteiger partial charge is 0.258 e. The predicted molar refractivity (Wildman–Crippen MR) is 68.5 cm³/mol. The summed E-state index contributed by atoms with van der Waals surface area (Å²) in [7, 11) is 0. The standard InChI is InChI=1S/C11H14ClNO2S/c1-8-7-10(16-9(2)5-6-12)3-4-11(8)13(14)15/h3-4,7,9H,5-6H2,1-2H3. The molecular formula is C11H14ClNO2S. The van der Waals surface area contributed by atoms with Crippen LogP contribution in [0.3, 0.4) is 0 Å². The molecule has 0 aliphatic heterocycles. The van der Waals surface area contributed by atoms with Gasteiger partial charge < -0.3 is 0 Å². The molecule has 0 fully saturated rings. The Labute approximate surface area is 104 Å². The van der Waals surface area contributed by atoms with Crippen LogP contribution in [0.5, 0.6) is 0 Å². The van der Waals surface area contributed by atoms with Gasteiger partial charge in [-0.3, -0.25) is 10.1 Å². The molecule has 0 aliphatic rings. The van der Waals surface area contributed by atoms with Crippen molar-refractivity contribution in [1.82, 2.24) is 0 Å². The maximum Gasteiger partial charge on any atom is 0.272 e. The van der Waals surface area contributed by atoms with Crippen molar-refractivity contribution in [3.63, 3.8) is 0 Å². The first-order chi connectivity index (χ1) is 7.54. The van der Waals surface area contributed by atoms with E-state index < -0.39 is 0 Å². The zero-order valence-electron chi connectivity index (χ0n) is 9.27. The molecule has 1 atom stereocenters. The van der Waals surface area contributed by atoms with Crippen molar-refractivity contribution in [1.29, 1.82) is 0 Å². The number of thioether (sulfide) groups is 1. The van der Waals surface area contributed by atoms with E-state index in [1.54, 1.807) is 30.8 Å². The first-order valence-electron chi connectivity index (χ1n) is 5.02. The summed E-state index contributed by atoms with van der Waals surface area (Å²) >= 11 is 7.35. The van der Waals surface area contributed by atoms with Gasteiger partial charge in [-0.2, -0.15) is 0 Å². The lowest BCUT2D eigenvalue weighted by atomic mass is 10.2. The summed E-state index contributed by atoms with van der Waals surface area (Å²) in [4.78, 5) is 11.3. The summed E-state index contributed by atoms with van der Waals surface area (Å²) < 4.78 is 0. The number of alkyl halides is 1. The number of nitro benzene ring substituents is 1. The third kappa shape index (κ3) is 3.68. The SMILES string of the molecule is Cc1cc(SC(C)CCCl)ccc1[N+](=O)[O-]. The van der Waals surface area contributed by atoms with Gasteiger partial charge in [0.05, 0.1) is 4.92 Å². The molecule has 0 N–H and O–H groups in total. The van der Waals surface area contributed by atoms with Gasteiger partial charge in [0.1, 0.15) is 0 Å². The predicted octanol–water partition coefficient (Wildman–Crippen LogP) is 4.01. The Balaban J connectivity index is 2.77. The van der Waals surface area contributed by atoms with Gasteiger partial charge in [-0.15, -0.1) is 23.4 Å². The molecule has 88 valence electrons. The largest absolute Gasteiger partial charge is 0.272 e. The minimum atomic E-state index is -0.355. The Morgan fingerprint density at radius 2 is 2.25 bits per heavy atom. The molecule has 5 heteroatoms. The van der Waals surface area contributed by atoms with Gasteiger partial charge in [0.25, 0.3) is 5.69 Å². The molecule has 1 aromatic rings. The highest BCUT2D eigenvalue weighted by Crippen LogP contribution is 2.29. The fourth-order valence-electron chi connectivity index (χ4n) is 1.35. The second-order valence-corrected chi connectivity index (χ2v) is 5.50. The number of benzene rings is 1. The van der Waals surface area contributed by atoms with Crippen LogP contribution < -0.4 is 0 Å². The molecule has 0 amide bonds. The Hall–Kier alpha value is -0.740. The van der Waals surface area contributed by atoms with E-state index in [-0.39, 0.29) is 10.6 Å². The normalized spacial score (nSPS) is 12.4. The lowest BCUT2D eigenvalue weighted by molar-refractivity contribution is -0.385. The first-order valence-corrected chi connectivity index (χ1v) is 6.43. The van der Waals surface area contributed by atoms with Gasteiger partial charge in [-0.1, -0.05) is 6.92 Å². The Kier molecular flexibility index (Phi) is 5.09. The van der Waals surface area contributed by atoms with Crippen LogP contribution in [-0.2, 0) is 0 Å². The molecule has 0 radical (unpaired) electrons. The highest BCUT2D eigenvalue weighted by atomic mass is 35.5. The molecule has 0 bridgehead atoms. The fraction of sp³-hybridized carbons (Fsp3) is 0.455. The van der Waals surface area contributed by atoms with Crippen LogP contribution in [-0.4, -0.2) is 16.1 Å². The molecule has 1 unspecified atom stereocenters. The lowest BCUT2D eigenvalue weighted by Gasteiger charge is -2.09. The van der Waals surface area contributed by atoms with Crippen molar-refractivity contribution >= 4 is 29.1 Å². The molecule has 16 heavy (non-hydrogen) atoms. The lowest BCUT2D eigenvalue weighted by Crippen LogP contribution is -1.97. The molecule has 3 nitrogen and oxygen atoms in total. The van der Waals surface area contributed by atoms with Gasteiger partial charge in [-0.25, -0.2) is 0 Å². The first kappa shape index (κ1) is 13.3. The van der Waals surface area contributed by atoms with Crippen LogP contribution >= 0.6 is 23.4 Å². The summed E-state index contributed by atoms with van der Waals surface area (Å²) in [5.41, 5.74) is 0.877. The molecule has 0 spiro atoms. The maximum absolute atomic E-state index is 10.6. The topological polar surface area (TPSA) is 43.1 Å². The van der Waals surface area contributed by atoms with Crippen molar-refractivity contribution in [3.05, 3.63) is 33.9 Å². The minimum absolute atomic E-state index is 0.175. The quantitative estimate of drug-likeness (QED) is 0.347. The van der Waals surface area contributed by atoms with Crippen molar-refractivity contribution in [2.24, 2.45) is 0 Å². The van der Waals surface area contributed by atoms with E-state index in [9.17, 15) is 10.1 Å². The van der Waals surface area contributed by atoms with Crippen molar-refractivity contribution in [2.45, 2.75) is 30.4 Å². The van der Waals surface area contributed by atoms with E-state index in [2.05, 4.69) is 6.92 Å². The fourth-order valence-corrected chi connectivity index (χ4v) is 2.90. The third-order valence-corrected chi connectivity index (χ3v) is 3.60. The molecule has 1 aromatic carbocycles. The third-order valence-electron chi connectivity index (χ3n) is 2.22. The molecule has 1 rings (SSSR count). The second kappa shape index (κ2) is 6.11. The molecular weight excluding hydrogens is 246 g/mol. The number of nitro groups is 1. The summed E-state index contributed by atoms with van der Waals surface area (Å²) in [6, 6.07) is 5.21. The van der Waals surface area contributed by atoms with Crippen LogP contribution in [0.1, 0.15) is 18.9 Å². The van der Waals surface area contributed by atoms with Crippen molar-refractivity contribution < 1.29 is 4.92 Å². The Morgan fingerprint density at radius 1 is 1.56 bits per heavy atom. The van der Waals surface area contributed by atoms with E-state index in [4.69, 9.17) is 11.6 Å². The number of nitrogens with zero attached hydrogens (tertiary/aromatic N) is 1. The van der Waals surface area contributed by atoms with E-state index in [0.29, 0.717) is 16.7 Å². The van der Waals surface area contributed by atoms with Crippen molar-refractivity contribution in [3.8, 4) is 0 Å². The summed E-state index contributed by atoms with van der Waals surface area (Å²) in [5, 5.41) is 11.1. The van der Waals surface area contributed by atoms with E-state index >= 15 is 0 Å². The molecule has 0 heterocycles. The highest BCUT2D eigenvalue weighted by molar-refractivity contribution is 7.99. The summed E-state index contributed by atoms with van der Waals surface area (Å²) in [6.07, 6.45) is 0.933. The number of halogens is 1. The zero-order chi connectivity index (χ0) is 12.1.